The van der Waals surface area contributed by atoms with E-state index in [4.69, 9.17) is 11.6 Å². The molecule has 0 fully saturated rings. The van der Waals surface area contributed by atoms with Crippen LogP contribution in [0.1, 0.15) is 0 Å². The molecule has 1 N–H and O–H groups in total. The number of nitrogens with zero attached hydrogens (tertiary/aromatic N) is 2. The van der Waals surface area contributed by atoms with Gasteiger partial charge in [-0.3, -0.25) is 0 Å². The number of aromatic nitrogens is 3. The first-order valence-electron chi connectivity index (χ1n) is 3.47. The van der Waals surface area contributed by atoms with E-state index in [-0.39, 0.29) is 0 Å². The molecule has 2 rings (SSSR count). The second-order valence-corrected chi connectivity index (χ2v) is 2.75. The lowest BCUT2D eigenvalue weighted by Gasteiger charge is -1.94. The van der Waals surface area contributed by atoms with Gasteiger partial charge < -0.3 is 4.98 Å². The summed E-state index contributed by atoms with van der Waals surface area (Å²) in [5.41, 5.74) is 0.895. The monoisotopic (exact) mass is 179 g/mol. The smallest absolute Gasteiger partial charge is 0.175 e. The van der Waals surface area contributed by atoms with Crippen molar-refractivity contribution in [2.45, 2.75) is 0 Å². The van der Waals surface area contributed by atoms with Crippen molar-refractivity contribution in [3.63, 3.8) is 0 Å². The number of H-pyrrole nitrogens is 1. The average Bonchev–Trinajstić information content (AvgIpc) is 2.58. The Morgan fingerprint density at radius 2 is 2.00 bits per heavy atom. The predicted octanol–water partition coefficient (Wildman–Crippen LogP) is 2.13. The molecule has 0 unspecified atom stereocenters. The molecule has 0 radical (unpaired) electrons. The largest absolute Gasteiger partial charge is 0.359 e. The van der Waals surface area contributed by atoms with Crippen molar-refractivity contribution >= 4 is 11.6 Å². The van der Waals surface area contributed by atoms with Gasteiger partial charge in [-0.25, -0.2) is 9.97 Å². The van der Waals surface area contributed by atoms with Crippen LogP contribution in [0.25, 0.3) is 11.5 Å². The molecule has 0 aliphatic heterocycles. The van der Waals surface area contributed by atoms with Gasteiger partial charge >= 0.3 is 0 Å². The Balaban J connectivity index is 2.43. The van der Waals surface area contributed by atoms with E-state index >= 15 is 0 Å². The molecule has 60 valence electrons. The van der Waals surface area contributed by atoms with Crippen LogP contribution >= 0.6 is 11.6 Å². The van der Waals surface area contributed by atoms with Gasteiger partial charge in [-0.15, -0.1) is 0 Å². The maximum Gasteiger partial charge on any atom is 0.175 e. The molecular formula is C8H6ClN3. The summed E-state index contributed by atoms with van der Waals surface area (Å²) in [5.74, 6) is 0.657. The molecule has 0 aliphatic rings. The summed E-state index contributed by atoms with van der Waals surface area (Å²) in [5, 5.41) is 0.547. The molecule has 4 heteroatoms. The second-order valence-electron chi connectivity index (χ2n) is 2.31. The van der Waals surface area contributed by atoms with Crippen LogP contribution in [0.4, 0.5) is 0 Å². The molecular weight excluding hydrogens is 174 g/mol. The average molecular weight is 180 g/mol. The zero-order valence-electron chi connectivity index (χ0n) is 6.16. The summed E-state index contributed by atoms with van der Waals surface area (Å²) < 4.78 is 0. The Kier molecular flexibility index (Phi) is 1.80. The minimum Gasteiger partial charge on any atom is -0.359 e. The fourth-order valence-electron chi connectivity index (χ4n) is 0.921. The summed E-state index contributed by atoms with van der Waals surface area (Å²) in [6.07, 6.45) is 4.97. The van der Waals surface area contributed by atoms with Crippen molar-refractivity contribution < 1.29 is 0 Å². The molecule has 0 amide bonds. The van der Waals surface area contributed by atoms with E-state index in [1.807, 2.05) is 18.3 Å². The summed E-state index contributed by atoms with van der Waals surface area (Å²) >= 11 is 5.64. The highest BCUT2D eigenvalue weighted by molar-refractivity contribution is 6.30. The molecule has 12 heavy (non-hydrogen) atoms. The zero-order valence-corrected chi connectivity index (χ0v) is 6.92. The molecule has 2 aromatic heterocycles. The number of aromatic amines is 1. The van der Waals surface area contributed by atoms with E-state index in [1.165, 1.54) is 0 Å². The van der Waals surface area contributed by atoms with Gasteiger partial charge in [0.1, 0.15) is 0 Å². The lowest BCUT2D eigenvalue weighted by Crippen LogP contribution is -1.86. The Hall–Kier alpha value is -1.35. The van der Waals surface area contributed by atoms with Crippen LogP contribution in [0, 0.1) is 0 Å². The van der Waals surface area contributed by atoms with Crippen LogP contribution in [0.3, 0.4) is 0 Å². The van der Waals surface area contributed by atoms with Crippen LogP contribution < -0.4 is 0 Å². The van der Waals surface area contributed by atoms with Crippen LogP contribution in [-0.2, 0) is 0 Å². The molecule has 0 aromatic carbocycles. The minimum absolute atomic E-state index is 0.547. The minimum atomic E-state index is 0.547. The third kappa shape index (κ3) is 1.31. The maximum atomic E-state index is 5.64. The first kappa shape index (κ1) is 7.31. The summed E-state index contributed by atoms with van der Waals surface area (Å²) in [7, 11) is 0. The molecule has 0 atom stereocenters. The molecule has 2 aromatic rings. The van der Waals surface area contributed by atoms with Gasteiger partial charge in [-0.2, -0.15) is 0 Å². The van der Waals surface area contributed by atoms with Crippen molar-refractivity contribution in [3.8, 4) is 11.5 Å². The lowest BCUT2D eigenvalue weighted by molar-refractivity contribution is 1.15. The van der Waals surface area contributed by atoms with E-state index < -0.39 is 0 Å². The summed E-state index contributed by atoms with van der Waals surface area (Å²) in [6, 6.07) is 3.80. The van der Waals surface area contributed by atoms with Crippen LogP contribution in [0.15, 0.2) is 30.7 Å². The molecule has 0 aliphatic carbocycles. The van der Waals surface area contributed by atoms with Crippen LogP contribution in [-0.4, -0.2) is 15.0 Å². The zero-order chi connectivity index (χ0) is 8.39. The second kappa shape index (κ2) is 2.95. The Bertz CT molecular complexity index is 352. The van der Waals surface area contributed by atoms with Gasteiger partial charge in [0.2, 0.25) is 0 Å². The molecule has 3 nitrogen and oxygen atoms in total. The van der Waals surface area contributed by atoms with Crippen molar-refractivity contribution in [3.05, 3.63) is 35.7 Å². The number of nitrogens with one attached hydrogen (secondary N) is 1. The number of rotatable bonds is 1. The fraction of sp³-hybridized carbons (Fsp3) is 0. The summed E-state index contributed by atoms with van der Waals surface area (Å²) in [6.45, 7) is 0. The van der Waals surface area contributed by atoms with E-state index in [2.05, 4.69) is 15.0 Å². The van der Waals surface area contributed by atoms with Gasteiger partial charge in [0.25, 0.3) is 0 Å². The third-order valence-electron chi connectivity index (χ3n) is 1.46. The SMILES string of the molecule is Clc1cnc(-c2ccc[nH]2)nc1. The highest BCUT2D eigenvalue weighted by Crippen LogP contribution is 2.12. The number of halogens is 1. The lowest BCUT2D eigenvalue weighted by atomic mass is 10.4. The highest BCUT2D eigenvalue weighted by atomic mass is 35.5. The molecule has 0 bridgehead atoms. The van der Waals surface area contributed by atoms with Crippen molar-refractivity contribution in [2.75, 3.05) is 0 Å². The Morgan fingerprint density at radius 1 is 1.25 bits per heavy atom. The molecule has 0 spiro atoms. The molecule has 0 saturated carbocycles. The first-order valence-corrected chi connectivity index (χ1v) is 3.85. The van der Waals surface area contributed by atoms with Crippen LogP contribution in [0.2, 0.25) is 5.02 Å². The third-order valence-corrected chi connectivity index (χ3v) is 1.65. The van der Waals surface area contributed by atoms with E-state index in [0.29, 0.717) is 10.8 Å². The maximum absolute atomic E-state index is 5.64. The van der Waals surface area contributed by atoms with Crippen molar-refractivity contribution in [2.24, 2.45) is 0 Å². The number of hydrogen-bond donors (Lipinski definition) is 1. The van der Waals surface area contributed by atoms with Gasteiger partial charge in [-0.05, 0) is 12.1 Å². The standard InChI is InChI=1S/C8H6ClN3/c9-6-4-11-8(12-5-6)7-2-1-3-10-7/h1-5,10H. The normalized spacial score (nSPS) is 10.1. The van der Waals surface area contributed by atoms with Gasteiger partial charge in [0, 0.05) is 18.6 Å². The van der Waals surface area contributed by atoms with E-state index in [1.54, 1.807) is 12.4 Å². The van der Waals surface area contributed by atoms with E-state index in [9.17, 15) is 0 Å². The molecule has 2 heterocycles. The highest BCUT2D eigenvalue weighted by Gasteiger charge is 1.99. The van der Waals surface area contributed by atoms with Gasteiger partial charge in [0.05, 0.1) is 10.7 Å². The number of hydrogen-bond acceptors (Lipinski definition) is 2. The fourth-order valence-corrected chi connectivity index (χ4v) is 1.02. The predicted molar refractivity (Wildman–Crippen MR) is 46.8 cm³/mol. The quantitative estimate of drug-likeness (QED) is 0.729. The van der Waals surface area contributed by atoms with E-state index in [0.717, 1.165) is 5.69 Å². The Morgan fingerprint density at radius 3 is 2.58 bits per heavy atom. The van der Waals surface area contributed by atoms with Crippen LogP contribution in [0.5, 0.6) is 0 Å². The Labute approximate surface area is 74.4 Å². The van der Waals surface area contributed by atoms with Gasteiger partial charge in [-0.1, -0.05) is 11.6 Å². The first-order chi connectivity index (χ1) is 5.86. The van der Waals surface area contributed by atoms with Crippen molar-refractivity contribution in [1.29, 1.82) is 0 Å². The molecule has 0 saturated heterocycles. The summed E-state index contributed by atoms with van der Waals surface area (Å²) in [4.78, 5) is 11.1. The van der Waals surface area contributed by atoms with Crippen molar-refractivity contribution in [1.82, 2.24) is 15.0 Å². The van der Waals surface area contributed by atoms with Gasteiger partial charge in [0.15, 0.2) is 5.82 Å². The topological polar surface area (TPSA) is 41.6 Å².